The van der Waals surface area contributed by atoms with Crippen LogP contribution in [0.25, 0.3) is 11.0 Å². The molecule has 17 heavy (non-hydrogen) atoms. The van der Waals surface area contributed by atoms with Crippen molar-refractivity contribution in [1.82, 2.24) is 9.97 Å². The molecule has 88 valence electrons. The Kier molecular flexibility index (Phi) is 2.33. The summed E-state index contributed by atoms with van der Waals surface area (Å²) in [6, 6.07) is 4.91. The van der Waals surface area contributed by atoms with Gasteiger partial charge < -0.3 is 14.8 Å². The summed E-state index contributed by atoms with van der Waals surface area (Å²) in [4.78, 5) is 18.4. The molecule has 0 radical (unpaired) electrons. The van der Waals surface area contributed by atoms with E-state index in [0.717, 1.165) is 30.8 Å². The number of carboxylic acids is 1. The standard InChI is InChI=1S/C12H12N2O3/c15-12(16)7-1-2-9-10(5-7)14-11(13-9)6-8-3-4-17-8/h1-2,5,8H,3-4,6H2,(H,13,14)(H,15,16)/t8-/m1/s1. The molecule has 0 aliphatic carbocycles. The number of nitrogens with zero attached hydrogens (tertiary/aromatic N) is 1. The first-order valence-electron chi connectivity index (χ1n) is 5.56. The molecule has 2 N–H and O–H groups in total. The van der Waals surface area contributed by atoms with E-state index in [1.165, 1.54) is 0 Å². The van der Waals surface area contributed by atoms with Crippen LogP contribution in [0, 0.1) is 0 Å². The van der Waals surface area contributed by atoms with Crippen molar-refractivity contribution in [3.8, 4) is 0 Å². The molecule has 1 fully saturated rings. The Balaban J connectivity index is 1.91. The number of H-pyrrole nitrogens is 1. The van der Waals surface area contributed by atoms with Gasteiger partial charge in [0.1, 0.15) is 5.82 Å². The van der Waals surface area contributed by atoms with Gasteiger partial charge in [0, 0.05) is 13.0 Å². The van der Waals surface area contributed by atoms with Gasteiger partial charge in [-0.15, -0.1) is 0 Å². The van der Waals surface area contributed by atoms with Crippen LogP contribution in [0.5, 0.6) is 0 Å². The van der Waals surface area contributed by atoms with Crippen LogP contribution >= 0.6 is 0 Å². The fourth-order valence-corrected chi connectivity index (χ4v) is 1.95. The second-order valence-corrected chi connectivity index (χ2v) is 4.21. The Bertz CT molecular complexity index is 572. The van der Waals surface area contributed by atoms with Crippen molar-refractivity contribution in [2.24, 2.45) is 0 Å². The Morgan fingerprint density at radius 2 is 2.41 bits per heavy atom. The number of rotatable bonds is 3. The fraction of sp³-hybridized carbons (Fsp3) is 0.333. The minimum atomic E-state index is -0.932. The van der Waals surface area contributed by atoms with Crippen LogP contribution in [-0.4, -0.2) is 33.8 Å². The molecule has 2 aromatic rings. The predicted molar refractivity (Wildman–Crippen MR) is 61.1 cm³/mol. The molecule has 1 aromatic heterocycles. The van der Waals surface area contributed by atoms with Crippen LogP contribution in [0.2, 0.25) is 0 Å². The van der Waals surface area contributed by atoms with Crippen molar-refractivity contribution in [3.05, 3.63) is 29.6 Å². The van der Waals surface area contributed by atoms with Gasteiger partial charge in [0.25, 0.3) is 0 Å². The molecule has 0 spiro atoms. The average Bonchev–Trinajstić information content (AvgIpc) is 2.64. The van der Waals surface area contributed by atoms with Gasteiger partial charge in [-0.2, -0.15) is 0 Å². The maximum Gasteiger partial charge on any atom is 0.335 e. The molecular weight excluding hydrogens is 220 g/mol. The van der Waals surface area contributed by atoms with Crippen molar-refractivity contribution in [2.45, 2.75) is 18.9 Å². The molecule has 5 nitrogen and oxygen atoms in total. The maximum atomic E-state index is 10.8. The molecule has 1 aliphatic rings. The molecule has 0 unspecified atom stereocenters. The average molecular weight is 232 g/mol. The Labute approximate surface area is 97.4 Å². The first kappa shape index (κ1) is 10.3. The van der Waals surface area contributed by atoms with E-state index in [4.69, 9.17) is 9.84 Å². The molecule has 1 saturated heterocycles. The minimum absolute atomic E-state index is 0.259. The molecule has 1 aliphatic heterocycles. The highest BCUT2D eigenvalue weighted by Gasteiger charge is 2.20. The van der Waals surface area contributed by atoms with E-state index in [1.807, 2.05) is 0 Å². The zero-order valence-electron chi connectivity index (χ0n) is 9.14. The predicted octanol–water partition coefficient (Wildman–Crippen LogP) is 1.59. The molecule has 0 saturated carbocycles. The SMILES string of the molecule is O=C(O)c1ccc2[nH]c(C[C@H]3CCO3)nc2c1. The van der Waals surface area contributed by atoms with Gasteiger partial charge >= 0.3 is 5.97 Å². The van der Waals surface area contributed by atoms with Gasteiger partial charge in [-0.05, 0) is 24.6 Å². The minimum Gasteiger partial charge on any atom is -0.478 e. The van der Waals surface area contributed by atoms with Crippen molar-refractivity contribution in [1.29, 1.82) is 0 Å². The molecule has 2 heterocycles. The highest BCUT2D eigenvalue weighted by molar-refractivity contribution is 5.92. The zero-order valence-corrected chi connectivity index (χ0v) is 9.14. The van der Waals surface area contributed by atoms with Crippen LogP contribution in [-0.2, 0) is 11.2 Å². The summed E-state index contributed by atoms with van der Waals surface area (Å²) < 4.78 is 5.34. The number of aromatic amines is 1. The summed E-state index contributed by atoms with van der Waals surface area (Å²) in [7, 11) is 0. The lowest BCUT2D eigenvalue weighted by Gasteiger charge is -2.25. The number of hydrogen-bond donors (Lipinski definition) is 2. The highest BCUT2D eigenvalue weighted by atomic mass is 16.5. The fourth-order valence-electron chi connectivity index (χ4n) is 1.95. The molecule has 1 aromatic carbocycles. The lowest BCUT2D eigenvalue weighted by Crippen LogP contribution is -2.29. The summed E-state index contributed by atoms with van der Waals surface area (Å²) in [5.74, 6) is -0.0778. The number of ether oxygens (including phenoxy) is 1. The monoisotopic (exact) mass is 232 g/mol. The van der Waals surface area contributed by atoms with E-state index in [9.17, 15) is 4.79 Å². The number of fused-ring (bicyclic) bond motifs is 1. The van der Waals surface area contributed by atoms with Gasteiger partial charge in [0.05, 0.1) is 22.7 Å². The third-order valence-corrected chi connectivity index (χ3v) is 2.99. The summed E-state index contributed by atoms with van der Waals surface area (Å²) in [6.07, 6.45) is 2.09. The van der Waals surface area contributed by atoms with E-state index in [-0.39, 0.29) is 11.7 Å². The number of imidazole rings is 1. The van der Waals surface area contributed by atoms with E-state index >= 15 is 0 Å². The molecular formula is C12H12N2O3. The third-order valence-electron chi connectivity index (χ3n) is 2.99. The summed E-state index contributed by atoms with van der Waals surface area (Å²) in [5.41, 5.74) is 1.82. The van der Waals surface area contributed by atoms with Gasteiger partial charge in [-0.25, -0.2) is 9.78 Å². The van der Waals surface area contributed by atoms with E-state index in [2.05, 4.69) is 9.97 Å². The number of hydrogen-bond acceptors (Lipinski definition) is 3. The van der Waals surface area contributed by atoms with Gasteiger partial charge in [-0.3, -0.25) is 0 Å². The van der Waals surface area contributed by atoms with Crippen LogP contribution in [0.3, 0.4) is 0 Å². The summed E-state index contributed by atoms with van der Waals surface area (Å²) >= 11 is 0. The molecule has 0 amide bonds. The third kappa shape index (κ3) is 1.89. The topological polar surface area (TPSA) is 75.2 Å². The lowest BCUT2D eigenvalue weighted by atomic mass is 10.1. The van der Waals surface area contributed by atoms with Gasteiger partial charge in [-0.1, -0.05) is 0 Å². The maximum absolute atomic E-state index is 10.8. The number of benzene rings is 1. The second-order valence-electron chi connectivity index (χ2n) is 4.21. The largest absolute Gasteiger partial charge is 0.478 e. The molecule has 1 atom stereocenters. The van der Waals surface area contributed by atoms with Crippen LogP contribution < -0.4 is 0 Å². The lowest BCUT2D eigenvalue weighted by molar-refractivity contribution is -0.0500. The van der Waals surface area contributed by atoms with Crippen molar-refractivity contribution < 1.29 is 14.6 Å². The highest BCUT2D eigenvalue weighted by Crippen LogP contribution is 2.19. The van der Waals surface area contributed by atoms with E-state index in [1.54, 1.807) is 18.2 Å². The van der Waals surface area contributed by atoms with Crippen LogP contribution in [0.15, 0.2) is 18.2 Å². The molecule has 3 rings (SSSR count). The number of carbonyl (C=O) groups is 1. The molecule has 5 heteroatoms. The normalized spacial score (nSPS) is 19.2. The first-order chi connectivity index (χ1) is 8.22. The zero-order chi connectivity index (χ0) is 11.8. The van der Waals surface area contributed by atoms with Crippen LogP contribution in [0.1, 0.15) is 22.6 Å². The number of aromatic carboxylic acids is 1. The van der Waals surface area contributed by atoms with Gasteiger partial charge in [0.2, 0.25) is 0 Å². The van der Waals surface area contributed by atoms with Crippen molar-refractivity contribution >= 4 is 17.0 Å². The van der Waals surface area contributed by atoms with Crippen molar-refractivity contribution in [2.75, 3.05) is 6.61 Å². The quantitative estimate of drug-likeness (QED) is 0.842. The first-order valence-corrected chi connectivity index (χ1v) is 5.56. The van der Waals surface area contributed by atoms with Gasteiger partial charge in [0.15, 0.2) is 0 Å². The van der Waals surface area contributed by atoms with Crippen molar-refractivity contribution in [3.63, 3.8) is 0 Å². The van der Waals surface area contributed by atoms with E-state index < -0.39 is 5.97 Å². The summed E-state index contributed by atoms with van der Waals surface area (Å²) in [6.45, 7) is 0.827. The Morgan fingerprint density at radius 1 is 1.59 bits per heavy atom. The number of carboxylic acid groups (broad SMARTS) is 1. The Morgan fingerprint density at radius 3 is 3.06 bits per heavy atom. The Hall–Kier alpha value is -1.88. The molecule has 0 bridgehead atoms. The van der Waals surface area contributed by atoms with E-state index in [0.29, 0.717) is 5.52 Å². The number of aromatic nitrogens is 2. The van der Waals surface area contributed by atoms with Crippen LogP contribution in [0.4, 0.5) is 0 Å². The smallest absolute Gasteiger partial charge is 0.335 e. The second kappa shape index (κ2) is 3.85. The summed E-state index contributed by atoms with van der Waals surface area (Å²) in [5, 5.41) is 8.89. The number of nitrogens with one attached hydrogen (secondary N) is 1.